The van der Waals surface area contributed by atoms with Crippen molar-refractivity contribution >= 4 is 17.5 Å². The normalized spacial score (nSPS) is 16.1. The van der Waals surface area contributed by atoms with Crippen molar-refractivity contribution in [2.45, 2.75) is 13.3 Å². The molecule has 1 aromatic rings. The molecule has 0 atom stereocenters. The maximum atomic E-state index is 12.3. The number of benzene rings is 1. The molecule has 0 spiro atoms. The molecule has 0 aliphatic carbocycles. The minimum absolute atomic E-state index is 0.103. The molecule has 18 heavy (non-hydrogen) atoms. The van der Waals surface area contributed by atoms with Crippen molar-refractivity contribution in [2.75, 3.05) is 25.4 Å². The van der Waals surface area contributed by atoms with Gasteiger partial charge in [0.2, 0.25) is 5.91 Å². The number of nitrogens with one attached hydrogen (secondary N) is 1. The second-order valence-corrected chi connectivity index (χ2v) is 4.52. The predicted molar refractivity (Wildman–Crippen MR) is 69.1 cm³/mol. The Balaban J connectivity index is 2.24. The third-order valence-electron chi connectivity index (χ3n) is 2.99. The predicted octanol–water partition coefficient (Wildman–Crippen LogP) is 0.539. The van der Waals surface area contributed by atoms with Crippen LogP contribution in [0, 0.1) is 6.92 Å². The van der Waals surface area contributed by atoms with Crippen LogP contribution in [0.25, 0.3) is 0 Å². The number of nitrogens with two attached hydrogens (primary N) is 1. The van der Waals surface area contributed by atoms with E-state index in [4.69, 9.17) is 5.73 Å². The molecule has 1 saturated heterocycles. The van der Waals surface area contributed by atoms with Gasteiger partial charge in [0.1, 0.15) is 0 Å². The summed E-state index contributed by atoms with van der Waals surface area (Å²) in [6.07, 6.45) is 0.767. The number of rotatable bonds is 1. The summed E-state index contributed by atoms with van der Waals surface area (Å²) < 4.78 is 0. The van der Waals surface area contributed by atoms with E-state index in [2.05, 4.69) is 5.32 Å². The molecule has 1 aliphatic rings. The van der Waals surface area contributed by atoms with Crippen molar-refractivity contribution < 1.29 is 9.59 Å². The number of hydrogen-bond donors (Lipinski definition) is 2. The molecule has 0 aromatic heterocycles. The molecule has 2 rings (SSSR count). The maximum Gasteiger partial charge on any atom is 0.256 e. The summed E-state index contributed by atoms with van der Waals surface area (Å²) in [7, 11) is 0. The lowest BCUT2D eigenvalue weighted by Crippen LogP contribution is -2.37. The van der Waals surface area contributed by atoms with E-state index in [1.807, 2.05) is 13.0 Å². The quantitative estimate of drug-likeness (QED) is 0.711. The second-order valence-electron chi connectivity index (χ2n) is 4.52. The fourth-order valence-electron chi connectivity index (χ4n) is 2.01. The number of hydrogen-bond acceptors (Lipinski definition) is 3. The molecular weight excluding hydrogens is 230 g/mol. The van der Waals surface area contributed by atoms with Gasteiger partial charge in [-0.05, 0) is 25.5 Å². The summed E-state index contributed by atoms with van der Waals surface area (Å²) in [5, 5.41) is 2.74. The van der Waals surface area contributed by atoms with Crippen LogP contribution in [-0.2, 0) is 4.79 Å². The first-order chi connectivity index (χ1) is 8.58. The van der Waals surface area contributed by atoms with Crippen LogP contribution in [-0.4, -0.2) is 36.3 Å². The largest absolute Gasteiger partial charge is 0.398 e. The molecule has 5 heteroatoms. The number of carbonyl (C=O) groups is 2. The molecule has 1 heterocycles. The molecule has 0 unspecified atom stereocenters. The van der Waals surface area contributed by atoms with Crippen molar-refractivity contribution in [3.05, 3.63) is 29.3 Å². The van der Waals surface area contributed by atoms with Crippen LogP contribution in [0.15, 0.2) is 18.2 Å². The zero-order valence-electron chi connectivity index (χ0n) is 10.4. The van der Waals surface area contributed by atoms with E-state index in [1.165, 1.54) is 0 Å². The van der Waals surface area contributed by atoms with E-state index in [0.29, 0.717) is 24.3 Å². The number of aryl methyl sites for hydroxylation is 1. The zero-order chi connectivity index (χ0) is 13.1. The van der Waals surface area contributed by atoms with E-state index in [1.54, 1.807) is 17.0 Å². The molecule has 0 saturated carbocycles. The third-order valence-corrected chi connectivity index (χ3v) is 2.99. The van der Waals surface area contributed by atoms with E-state index in [9.17, 15) is 9.59 Å². The summed E-state index contributed by atoms with van der Waals surface area (Å²) in [5.74, 6) is -0.291. The van der Waals surface area contributed by atoms with Crippen LogP contribution in [0.4, 0.5) is 5.69 Å². The fraction of sp³-hybridized carbons (Fsp3) is 0.385. The van der Waals surface area contributed by atoms with Crippen LogP contribution in [0.3, 0.4) is 0 Å². The van der Waals surface area contributed by atoms with Crippen LogP contribution < -0.4 is 11.1 Å². The van der Waals surface area contributed by atoms with Crippen molar-refractivity contribution in [3.8, 4) is 0 Å². The Morgan fingerprint density at radius 3 is 3.00 bits per heavy atom. The second kappa shape index (κ2) is 5.08. The maximum absolute atomic E-state index is 12.3. The Bertz CT molecular complexity index is 485. The van der Waals surface area contributed by atoms with Crippen LogP contribution in [0.1, 0.15) is 22.3 Å². The van der Waals surface area contributed by atoms with E-state index < -0.39 is 0 Å². The number of amides is 2. The van der Waals surface area contributed by atoms with E-state index >= 15 is 0 Å². The lowest BCUT2D eigenvalue weighted by Gasteiger charge is -2.20. The topological polar surface area (TPSA) is 75.4 Å². The summed E-state index contributed by atoms with van der Waals surface area (Å²) >= 11 is 0. The fourth-order valence-corrected chi connectivity index (χ4v) is 2.01. The van der Waals surface area contributed by atoms with Crippen LogP contribution in [0.2, 0.25) is 0 Å². The first-order valence-corrected chi connectivity index (χ1v) is 6.00. The lowest BCUT2D eigenvalue weighted by molar-refractivity contribution is -0.121. The number of nitrogens with zero attached hydrogens (tertiary/aromatic N) is 1. The minimum atomic E-state index is -0.173. The highest BCUT2D eigenvalue weighted by atomic mass is 16.2. The Morgan fingerprint density at radius 2 is 2.22 bits per heavy atom. The molecule has 0 bridgehead atoms. The monoisotopic (exact) mass is 247 g/mol. The molecule has 96 valence electrons. The van der Waals surface area contributed by atoms with Gasteiger partial charge in [0, 0.05) is 18.8 Å². The van der Waals surface area contributed by atoms with Gasteiger partial charge in [-0.15, -0.1) is 0 Å². The lowest BCUT2D eigenvalue weighted by atomic mass is 10.1. The minimum Gasteiger partial charge on any atom is -0.398 e. The molecular formula is C13H17N3O2. The average Bonchev–Trinajstić information content (AvgIpc) is 2.56. The van der Waals surface area contributed by atoms with Gasteiger partial charge in [0.05, 0.1) is 12.1 Å². The van der Waals surface area contributed by atoms with Crippen molar-refractivity contribution in [3.63, 3.8) is 0 Å². The standard InChI is InChI=1S/C13H17N3O2/c1-9-3-4-11(14)10(7-9)13(18)16-6-2-5-15-12(17)8-16/h3-4,7H,2,5-6,8,14H2,1H3,(H,15,17). The van der Waals surface area contributed by atoms with Gasteiger partial charge in [-0.3, -0.25) is 9.59 Å². The first kappa shape index (κ1) is 12.4. The van der Waals surface area contributed by atoms with Gasteiger partial charge in [-0.1, -0.05) is 11.6 Å². The Kier molecular flexibility index (Phi) is 3.50. The molecule has 3 N–H and O–H groups in total. The van der Waals surface area contributed by atoms with Crippen molar-refractivity contribution in [1.82, 2.24) is 10.2 Å². The molecule has 1 fully saturated rings. The molecule has 2 amide bonds. The average molecular weight is 247 g/mol. The van der Waals surface area contributed by atoms with Crippen LogP contribution in [0.5, 0.6) is 0 Å². The van der Waals surface area contributed by atoms with Crippen molar-refractivity contribution in [2.24, 2.45) is 0 Å². The number of anilines is 1. The highest BCUT2D eigenvalue weighted by molar-refractivity contribution is 6.01. The highest BCUT2D eigenvalue weighted by Gasteiger charge is 2.22. The van der Waals surface area contributed by atoms with Gasteiger partial charge in [0.25, 0.3) is 5.91 Å². The molecule has 5 nitrogen and oxygen atoms in total. The Hall–Kier alpha value is -2.04. The smallest absolute Gasteiger partial charge is 0.256 e. The number of carbonyl (C=O) groups excluding carboxylic acids is 2. The SMILES string of the molecule is Cc1ccc(N)c(C(=O)N2CCCNC(=O)C2)c1. The summed E-state index contributed by atoms with van der Waals surface area (Å²) in [6, 6.07) is 5.35. The highest BCUT2D eigenvalue weighted by Crippen LogP contribution is 2.16. The van der Waals surface area contributed by atoms with Gasteiger partial charge >= 0.3 is 0 Å². The van der Waals surface area contributed by atoms with E-state index in [-0.39, 0.29) is 18.4 Å². The third kappa shape index (κ3) is 2.61. The van der Waals surface area contributed by atoms with Gasteiger partial charge in [-0.2, -0.15) is 0 Å². The zero-order valence-corrected chi connectivity index (χ0v) is 10.4. The summed E-state index contributed by atoms with van der Waals surface area (Å²) in [6.45, 7) is 3.20. The Labute approximate surface area is 106 Å². The summed E-state index contributed by atoms with van der Waals surface area (Å²) in [5.41, 5.74) is 7.73. The molecule has 1 aromatic carbocycles. The summed E-state index contributed by atoms with van der Waals surface area (Å²) in [4.78, 5) is 25.3. The van der Waals surface area contributed by atoms with Crippen molar-refractivity contribution in [1.29, 1.82) is 0 Å². The number of nitrogen functional groups attached to an aromatic ring is 1. The molecule has 0 radical (unpaired) electrons. The molecule has 1 aliphatic heterocycles. The first-order valence-electron chi connectivity index (χ1n) is 6.00. The van der Waals surface area contributed by atoms with Gasteiger partial charge in [0.15, 0.2) is 0 Å². The van der Waals surface area contributed by atoms with Gasteiger partial charge < -0.3 is 16.0 Å². The van der Waals surface area contributed by atoms with Gasteiger partial charge in [-0.25, -0.2) is 0 Å². The Morgan fingerprint density at radius 1 is 1.44 bits per heavy atom. The van der Waals surface area contributed by atoms with E-state index in [0.717, 1.165) is 12.0 Å². The van der Waals surface area contributed by atoms with Crippen LogP contribution >= 0.6 is 0 Å².